The lowest BCUT2D eigenvalue weighted by molar-refractivity contribution is 0.149. The van der Waals surface area contributed by atoms with Crippen LogP contribution in [0.5, 0.6) is 11.5 Å². The zero-order valence-corrected chi connectivity index (χ0v) is 10.3. The van der Waals surface area contributed by atoms with Crippen LogP contribution < -0.4 is 9.47 Å². The number of hydrogen-bond donors (Lipinski definition) is 1. The van der Waals surface area contributed by atoms with Crippen LogP contribution in [0.3, 0.4) is 0 Å². The standard InChI is InChI=1S/C14H20O3/c1-16-13-8-7-11(10-15)14(9-13)17-12-5-3-2-4-6-12/h7-9,12,15H,2-6,10H2,1H3. The van der Waals surface area contributed by atoms with E-state index in [0.717, 1.165) is 29.9 Å². The summed E-state index contributed by atoms with van der Waals surface area (Å²) in [6.07, 6.45) is 6.31. The van der Waals surface area contributed by atoms with Crippen LogP contribution in [0.15, 0.2) is 18.2 Å². The minimum Gasteiger partial charge on any atom is -0.497 e. The lowest BCUT2D eigenvalue weighted by atomic mass is 9.97. The first-order valence-corrected chi connectivity index (χ1v) is 6.28. The van der Waals surface area contributed by atoms with Crippen molar-refractivity contribution < 1.29 is 14.6 Å². The number of rotatable bonds is 4. The van der Waals surface area contributed by atoms with Gasteiger partial charge in [-0.1, -0.05) is 6.42 Å². The first-order valence-electron chi connectivity index (χ1n) is 6.28. The SMILES string of the molecule is COc1ccc(CO)c(OC2CCCCC2)c1. The normalized spacial score (nSPS) is 16.8. The molecular formula is C14H20O3. The molecule has 0 amide bonds. The van der Waals surface area contributed by atoms with Gasteiger partial charge in [0.1, 0.15) is 11.5 Å². The van der Waals surface area contributed by atoms with Crippen molar-refractivity contribution in [3.63, 3.8) is 0 Å². The van der Waals surface area contributed by atoms with Gasteiger partial charge in [0, 0.05) is 11.6 Å². The molecule has 17 heavy (non-hydrogen) atoms. The van der Waals surface area contributed by atoms with Gasteiger partial charge in [0.05, 0.1) is 19.8 Å². The highest BCUT2D eigenvalue weighted by Gasteiger charge is 2.16. The number of hydrogen-bond acceptors (Lipinski definition) is 3. The van der Waals surface area contributed by atoms with Crippen molar-refractivity contribution in [2.45, 2.75) is 44.8 Å². The molecule has 1 fully saturated rings. The van der Waals surface area contributed by atoms with Crippen LogP contribution >= 0.6 is 0 Å². The number of aliphatic hydroxyl groups excluding tert-OH is 1. The van der Waals surface area contributed by atoms with Crippen molar-refractivity contribution in [3.05, 3.63) is 23.8 Å². The van der Waals surface area contributed by atoms with E-state index in [-0.39, 0.29) is 6.61 Å². The first-order chi connectivity index (χ1) is 8.33. The fourth-order valence-corrected chi connectivity index (χ4v) is 2.26. The highest BCUT2D eigenvalue weighted by molar-refractivity contribution is 5.40. The third-order valence-electron chi connectivity index (χ3n) is 3.29. The van der Waals surface area contributed by atoms with Gasteiger partial charge in [-0.3, -0.25) is 0 Å². The third-order valence-corrected chi connectivity index (χ3v) is 3.29. The zero-order chi connectivity index (χ0) is 12.1. The predicted molar refractivity (Wildman–Crippen MR) is 66.4 cm³/mol. The Labute approximate surface area is 102 Å². The Hall–Kier alpha value is -1.22. The smallest absolute Gasteiger partial charge is 0.128 e. The molecule has 0 atom stereocenters. The highest BCUT2D eigenvalue weighted by Crippen LogP contribution is 2.29. The van der Waals surface area contributed by atoms with E-state index in [1.165, 1.54) is 19.3 Å². The fourth-order valence-electron chi connectivity index (χ4n) is 2.26. The number of benzene rings is 1. The Morgan fingerprint density at radius 1 is 1.24 bits per heavy atom. The molecule has 0 bridgehead atoms. The van der Waals surface area contributed by atoms with Gasteiger partial charge in [-0.2, -0.15) is 0 Å². The van der Waals surface area contributed by atoms with Gasteiger partial charge in [0.25, 0.3) is 0 Å². The van der Waals surface area contributed by atoms with Gasteiger partial charge in [0.15, 0.2) is 0 Å². The molecule has 94 valence electrons. The molecule has 1 aliphatic carbocycles. The van der Waals surface area contributed by atoms with Gasteiger partial charge < -0.3 is 14.6 Å². The van der Waals surface area contributed by atoms with Crippen molar-refractivity contribution in [2.24, 2.45) is 0 Å². The van der Waals surface area contributed by atoms with E-state index in [1.807, 2.05) is 18.2 Å². The Morgan fingerprint density at radius 3 is 2.65 bits per heavy atom. The number of aliphatic hydroxyl groups is 1. The predicted octanol–water partition coefficient (Wildman–Crippen LogP) is 2.90. The number of ether oxygens (including phenoxy) is 2. The van der Waals surface area contributed by atoms with E-state index in [1.54, 1.807) is 7.11 Å². The molecule has 1 aromatic rings. The van der Waals surface area contributed by atoms with Gasteiger partial charge >= 0.3 is 0 Å². The molecule has 0 aromatic heterocycles. The lowest BCUT2D eigenvalue weighted by Gasteiger charge is -2.24. The molecule has 0 spiro atoms. The maximum absolute atomic E-state index is 9.29. The second kappa shape index (κ2) is 5.92. The quantitative estimate of drug-likeness (QED) is 0.873. The summed E-state index contributed by atoms with van der Waals surface area (Å²) in [7, 11) is 1.64. The highest BCUT2D eigenvalue weighted by atomic mass is 16.5. The second-order valence-electron chi connectivity index (χ2n) is 4.51. The van der Waals surface area contributed by atoms with Crippen LogP contribution in [0.25, 0.3) is 0 Å². The fraction of sp³-hybridized carbons (Fsp3) is 0.571. The van der Waals surface area contributed by atoms with E-state index in [9.17, 15) is 5.11 Å². The summed E-state index contributed by atoms with van der Waals surface area (Å²) < 4.78 is 11.2. The second-order valence-corrected chi connectivity index (χ2v) is 4.51. The third kappa shape index (κ3) is 3.13. The van der Waals surface area contributed by atoms with Crippen LogP contribution in [0, 0.1) is 0 Å². The largest absolute Gasteiger partial charge is 0.497 e. The molecule has 1 aromatic carbocycles. The average molecular weight is 236 g/mol. The molecule has 0 aliphatic heterocycles. The summed E-state index contributed by atoms with van der Waals surface area (Å²) >= 11 is 0. The molecule has 2 rings (SSSR count). The molecule has 0 unspecified atom stereocenters. The first kappa shape index (κ1) is 12.2. The monoisotopic (exact) mass is 236 g/mol. The minimum atomic E-state index is 0.00600. The molecule has 1 saturated carbocycles. The van der Waals surface area contributed by atoms with Crippen molar-refractivity contribution in [1.29, 1.82) is 0 Å². The Balaban J connectivity index is 2.11. The molecule has 3 nitrogen and oxygen atoms in total. The van der Waals surface area contributed by atoms with E-state index in [2.05, 4.69) is 0 Å². The average Bonchev–Trinajstić information content (AvgIpc) is 2.40. The molecular weight excluding hydrogens is 216 g/mol. The minimum absolute atomic E-state index is 0.00600. The van der Waals surface area contributed by atoms with Crippen LogP contribution in [-0.2, 0) is 6.61 Å². The maximum atomic E-state index is 9.29. The van der Waals surface area contributed by atoms with Gasteiger partial charge in [0.2, 0.25) is 0 Å². The molecule has 0 saturated heterocycles. The lowest BCUT2D eigenvalue weighted by Crippen LogP contribution is -2.20. The molecule has 1 N–H and O–H groups in total. The summed E-state index contributed by atoms with van der Waals surface area (Å²) in [4.78, 5) is 0. The Bertz CT molecular complexity index is 356. The van der Waals surface area contributed by atoms with E-state index >= 15 is 0 Å². The molecule has 0 heterocycles. The van der Waals surface area contributed by atoms with Crippen LogP contribution in [0.2, 0.25) is 0 Å². The maximum Gasteiger partial charge on any atom is 0.128 e. The van der Waals surface area contributed by atoms with Gasteiger partial charge in [-0.25, -0.2) is 0 Å². The van der Waals surface area contributed by atoms with Gasteiger partial charge in [-0.15, -0.1) is 0 Å². The zero-order valence-electron chi connectivity index (χ0n) is 10.3. The summed E-state index contributed by atoms with van der Waals surface area (Å²) in [5.41, 5.74) is 0.830. The molecule has 3 heteroatoms. The van der Waals surface area contributed by atoms with Crippen LogP contribution in [0.1, 0.15) is 37.7 Å². The molecule has 0 radical (unpaired) electrons. The molecule has 1 aliphatic rings. The van der Waals surface area contributed by atoms with Crippen LogP contribution in [-0.4, -0.2) is 18.3 Å². The van der Waals surface area contributed by atoms with E-state index < -0.39 is 0 Å². The summed E-state index contributed by atoms with van der Waals surface area (Å²) in [5, 5.41) is 9.29. The van der Waals surface area contributed by atoms with Crippen molar-refractivity contribution >= 4 is 0 Å². The summed E-state index contributed by atoms with van der Waals surface area (Å²) in [5.74, 6) is 1.53. The summed E-state index contributed by atoms with van der Waals surface area (Å²) in [6.45, 7) is 0.00600. The van der Waals surface area contributed by atoms with Crippen molar-refractivity contribution in [1.82, 2.24) is 0 Å². The van der Waals surface area contributed by atoms with Gasteiger partial charge in [-0.05, 0) is 37.8 Å². The van der Waals surface area contributed by atoms with Crippen LogP contribution in [0.4, 0.5) is 0 Å². The van der Waals surface area contributed by atoms with E-state index in [0.29, 0.717) is 6.10 Å². The van der Waals surface area contributed by atoms with Crippen molar-refractivity contribution in [3.8, 4) is 11.5 Å². The number of methoxy groups -OCH3 is 1. The summed E-state index contributed by atoms with van der Waals surface area (Å²) in [6, 6.07) is 5.57. The Morgan fingerprint density at radius 2 is 2.00 bits per heavy atom. The van der Waals surface area contributed by atoms with Crippen molar-refractivity contribution in [2.75, 3.05) is 7.11 Å². The Kier molecular flexibility index (Phi) is 4.26. The topological polar surface area (TPSA) is 38.7 Å². The van der Waals surface area contributed by atoms with E-state index in [4.69, 9.17) is 9.47 Å².